The van der Waals surface area contributed by atoms with E-state index in [1.165, 1.54) is 82.0 Å². The average Bonchev–Trinajstić information content (AvgIpc) is 2.62. The van der Waals surface area contributed by atoms with Crippen molar-refractivity contribution in [3.8, 4) is 0 Å². The Balaban J connectivity index is 0. The summed E-state index contributed by atoms with van der Waals surface area (Å²) in [4.78, 5) is 0. The lowest BCUT2D eigenvalue weighted by atomic mass is 10.1. The smallest absolute Gasteiger partial charge is 0.0945 e. The summed E-state index contributed by atoms with van der Waals surface area (Å²) >= 11 is 0. The van der Waals surface area contributed by atoms with Crippen LogP contribution in [0.1, 0.15) is 105 Å². The molecule has 0 fully saturated rings. The third-order valence-electron chi connectivity index (χ3n) is 5.68. The minimum atomic E-state index is -3.98. The van der Waals surface area contributed by atoms with Crippen molar-refractivity contribution in [1.29, 1.82) is 0 Å². The van der Waals surface area contributed by atoms with Crippen LogP contribution in [0.15, 0.2) is 0 Å². The van der Waals surface area contributed by atoms with Crippen LogP contribution in [0, 0.1) is 0 Å². The number of unbranched alkanes of at least 4 members (excludes halogenated alkanes) is 10. The van der Waals surface area contributed by atoms with Gasteiger partial charge in [0.2, 0.25) is 0 Å². The van der Waals surface area contributed by atoms with E-state index in [4.69, 9.17) is 0 Å². The number of hydrogen-bond donors (Lipinski definition) is 0. The molecule has 0 spiro atoms. The van der Waals surface area contributed by atoms with Crippen molar-refractivity contribution < 1.29 is 17.5 Å². The van der Waals surface area contributed by atoms with Gasteiger partial charge in [0.05, 0.1) is 36.3 Å². The van der Waals surface area contributed by atoms with Gasteiger partial charge < -0.3 is 9.04 Å². The van der Waals surface area contributed by atoms with Crippen molar-refractivity contribution in [2.24, 2.45) is 0 Å². The molecule has 0 aromatic rings. The summed E-state index contributed by atoms with van der Waals surface area (Å²) < 4.78 is 32.3. The highest BCUT2D eigenvalue weighted by Gasteiger charge is 2.16. The molecule has 0 unspecified atom stereocenters. The van der Waals surface area contributed by atoms with Gasteiger partial charge in [-0.2, -0.15) is 0 Å². The molecule has 0 aliphatic carbocycles. The first kappa shape index (κ1) is 28.1. The second-order valence-corrected chi connectivity index (χ2v) is 8.93. The Morgan fingerprint density at radius 3 is 1.12 bits per heavy atom. The second kappa shape index (κ2) is 18.2. The molecule has 0 rings (SSSR count). The zero-order valence-corrected chi connectivity index (χ0v) is 19.2. The number of quaternary nitrogens is 1. The van der Waals surface area contributed by atoms with Gasteiger partial charge in [-0.05, 0) is 34.1 Å². The van der Waals surface area contributed by atoms with Crippen molar-refractivity contribution in [3.05, 3.63) is 0 Å². The molecule has 0 aromatic heterocycles. The van der Waals surface area contributed by atoms with Crippen LogP contribution in [0.5, 0.6) is 0 Å². The van der Waals surface area contributed by atoms with Gasteiger partial charge in [-0.3, -0.25) is 0 Å². The minimum absolute atomic E-state index is 0.190. The van der Waals surface area contributed by atoms with E-state index in [0.29, 0.717) is 6.42 Å². The highest BCUT2D eigenvalue weighted by Crippen LogP contribution is 2.11. The van der Waals surface area contributed by atoms with Crippen LogP contribution in [0.3, 0.4) is 0 Å². The van der Waals surface area contributed by atoms with E-state index >= 15 is 0 Å². The predicted molar refractivity (Wildman–Crippen MR) is 113 cm³/mol. The molecule has 0 saturated heterocycles. The zero-order valence-electron chi connectivity index (χ0n) is 18.4. The lowest BCUT2D eigenvalue weighted by Crippen LogP contribution is -2.47. The van der Waals surface area contributed by atoms with E-state index in [2.05, 4.69) is 34.6 Å². The van der Waals surface area contributed by atoms with Gasteiger partial charge in [0.1, 0.15) is 0 Å². The zero-order chi connectivity index (χ0) is 20.3. The van der Waals surface area contributed by atoms with Crippen LogP contribution in [-0.2, 0) is 10.1 Å². The molecule has 0 saturated carbocycles. The molecule has 0 heterocycles. The summed E-state index contributed by atoms with van der Waals surface area (Å²) in [6.07, 6.45) is 12.9. The number of hydrogen-bond acceptors (Lipinski definition) is 3. The van der Waals surface area contributed by atoms with Gasteiger partial charge in [-0.25, -0.2) is 8.42 Å². The molecule has 160 valence electrons. The summed E-state index contributed by atoms with van der Waals surface area (Å²) in [7, 11) is -3.98. The fraction of sp³-hybridized carbons (Fsp3) is 1.00. The van der Waals surface area contributed by atoms with Crippen LogP contribution in [0.2, 0.25) is 0 Å². The predicted octanol–water partition coefficient (Wildman–Crippen LogP) is 5.73. The molecule has 0 radical (unpaired) electrons. The topological polar surface area (TPSA) is 57.2 Å². The quantitative estimate of drug-likeness (QED) is 0.191. The lowest BCUT2D eigenvalue weighted by Gasteiger charge is -2.34. The van der Waals surface area contributed by atoms with Crippen molar-refractivity contribution in [2.45, 2.75) is 105 Å². The fourth-order valence-corrected chi connectivity index (χ4v) is 3.84. The molecule has 0 aliphatic heterocycles. The molecule has 26 heavy (non-hydrogen) atoms. The average molecular weight is 394 g/mol. The first-order valence-corrected chi connectivity index (χ1v) is 12.7. The number of rotatable bonds is 16. The maximum atomic E-state index is 10.3. The molecule has 0 aromatic carbocycles. The largest absolute Gasteiger partial charge is 0.748 e. The molecular weight excluding hydrogens is 346 g/mol. The second-order valence-electron chi connectivity index (χ2n) is 7.40. The van der Waals surface area contributed by atoms with E-state index in [9.17, 15) is 13.0 Å². The monoisotopic (exact) mass is 393 g/mol. The first-order valence-electron chi connectivity index (χ1n) is 11.1. The molecule has 0 amide bonds. The Hall–Kier alpha value is -0.130. The van der Waals surface area contributed by atoms with E-state index in [0.717, 1.165) is 12.8 Å². The van der Waals surface area contributed by atoms with Crippen molar-refractivity contribution in [2.75, 3.05) is 31.9 Å². The Bertz CT molecular complexity index is 361. The highest BCUT2D eigenvalue weighted by atomic mass is 32.2. The Kier molecular flexibility index (Phi) is 19.7. The maximum absolute atomic E-state index is 10.3. The van der Waals surface area contributed by atoms with Crippen LogP contribution < -0.4 is 0 Å². The molecule has 5 heteroatoms. The van der Waals surface area contributed by atoms with Gasteiger partial charge in [0.25, 0.3) is 0 Å². The van der Waals surface area contributed by atoms with E-state index < -0.39 is 10.1 Å². The standard InChI is InChI=1S/C13H28O3S.C8H20N/c1-2-3-4-5-6-7-8-9-10-11-12-13-17(14,15)16;1-5-9(6-2,7-3)8-4/h2-13H2,1H3,(H,14,15,16);5-8H2,1-4H3/q;+1/p-1. The summed E-state index contributed by atoms with van der Waals surface area (Å²) in [5.41, 5.74) is 0. The molecule has 0 aliphatic rings. The SMILES string of the molecule is CCCCCCCCCCCCCS(=O)(=O)[O-].CC[N+](CC)(CC)CC. The number of nitrogens with zero attached hydrogens (tertiary/aromatic N) is 1. The fourth-order valence-electron chi connectivity index (χ4n) is 3.28. The van der Waals surface area contributed by atoms with Gasteiger partial charge in [-0.15, -0.1) is 0 Å². The molecular formula is C21H47NO3S. The summed E-state index contributed by atoms with van der Waals surface area (Å²) in [5.74, 6) is -0.190. The Morgan fingerprint density at radius 2 is 0.885 bits per heavy atom. The van der Waals surface area contributed by atoms with E-state index in [-0.39, 0.29) is 5.75 Å². The molecule has 0 bridgehead atoms. The minimum Gasteiger partial charge on any atom is -0.748 e. The van der Waals surface area contributed by atoms with Gasteiger partial charge in [0.15, 0.2) is 0 Å². The maximum Gasteiger partial charge on any atom is 0.0945 e. The normalized spacial score (nSPS) is 11.9. The van der Waals surface area contributed by atoms with Gasteiger partial charge in [-0.1, -0.05) is 71.1 Å². The van der Waals surface area contributed by atoms with Crippen LogP contribution in [0.25, 0.3) is 0 Å². The third-order valence-corrected chi connectivity index (χ3v) is 6.47. The Morgan fingerprint density at radius 1 is 0.577 bits per heavy atom. The first-order chi connectivity index (χ1) is 12.3. The highest BCUT2D eigenvalue weighted by molar-refractivity contribution is 7.85. The molecule has 0 N–H and O–H groups in total. The van der Waals surface area contributed by atoms with Crippen molar-refractivity contribution in [1.82, 2.24) is 0 Å². The summed E-state index contributed by atoms with van der Waals surface area (Å²) in [6, 6.07) is 0. The van der Waals surface area contributed by atoms with Crippen LogP contribution in [-0.4, -0.2) is 49.4 Å². The van der Waals surface area contributed by atoms with E-state index in [1.54, 1.807) is 0 Å². The lowest BCUT2D eigenvalue weighted by molar-refractivity contribution is -0.921. The summed E-state index contributed by atoms with van der Waals surface area (Å²) in [6.45, 7) is 16.4. The Labute approximate surface area is 165 Å². The van der Waals surface area contributed by atoms with Gasteiger partial charge >= 0.3 is 0 Å². The summed E-state index contributed by atoms with van der Waals surface area (Å²) in [5, 5.41) is 0. The molecule has 4 nitrogen and oxygen atoms in total. The van der Waals surface area contributed by atoms with E-state index in [1.807, 2.05) is 0 Å². The van der Waals surface area contributed by atoms with Crippen LogP contribution >= 0.6 is 0 Å². The molecule has 0 atom stereocenters. The van der Waals surface area contributed by atoms with Gasteiger partial charge in [0, 0.05) is 5.75 Å². The van der Waals surface area contributed by atoms with Crippen LogP contribution in [0.4, 0.5) is 0 Å². The van der Waals surface area contributed by atoms with Crippen molar-refractivity contribution in [3.63, 3.8) is 0 Å². The third kappa shape index (κ3) is 18.7. The van der Waals surface area contributed by atoms with Crippen molar-refractivity contribution >= 4 is 10.1 Å².